The first-order valence-corrected chi connectivity index (χ1v) is 7.93. The van der Waals surface area contributed by atoms with Gasteiger partial charge < -0.3 is 10.6 Å². The fourth-order valence-corrected chi connectivity index (χ4v) is 3.79. The summed E-state index contributed by atoms with van der Waals surface area (Å²) in [6.07, 6.45) is 1.68. The summed E-state index contributed by atoms with van der Waals surface area (Å²) in [6, 6.07) is 4.22. The van der Waals surface area contributed by atoms with Crippen molar-refractivity contribution in [2.75, 3.05) is 0 Å². The standard InChI is InChI=1S/C16H22BrFN2O/c1-15(2)8-11(9-16(3,4)20-15)19-14(21)12-7-10(18)5-6-13(12)17/h5-7,11,20H,8-9H2,1-4H3,(H,19,21). The van der Waals surface area contributed by atoms with Crippen LogP contribution in [-0.4, -0.2) is 23.0 Å². The Labute approximate surface area is 133 Å². The van der Waals surface area contributed by atoms with Crippen molar-refractivity contribution in [3.63, 3.8) is 0 Å². The molecule has 0 spiro atoms. The number of hydrogen-bond donors (Lipinski definition) is 2. The maximum atomic E-state index is 13.3. The molecular weight excluding hydrogens is 335 g/mol. The van der Waals surface area contributed by atoms with Crippen molar-refractivity contribution in [2.24, 2.45) is 0 Å². The maximum absolute atomic E-state index is 13.3. The highest BCUT2D eigenvalue weighted by Crippen LogP contribution is 2.29. The van der Waals surface area contributed by atoms with Crippen molar-refractivity contribution in [3.8, 4) is 0 Å². The largest absolute Gasteiger partial charge is 0.349 e. The van der Waals surface area contributed by atoms with E-state index in [0.717, 1.165) is 12.8 Å². The third-order valence-electron chi connectivity index (χ3n) is 3.70. The lowest BCUT2D eigenvalue weighted by Gasteiger charge is -2.46. The summed E-state index contributed by atoms with van der Waals surface area (Å²) in [4.78, 5) is 12.4. The number of rotatable bonds is 2. The molecule has 5 heteroatoms. The molecule has 0 radical (unpaired) electrons. The van der Waals surface area contributed by atoms with Crippen LogP contribution in [0, 0.1) is 5.82 Å². The summed E-state index contributed by atoms with van der Waals surface area (Å²) in [5.41, 5.74) is 0.252. The van der Waals surface area contributed by atoms with Crippen LogP contribution >= 0.6 is 15.9 Å². The van der Waals surface area contributed by atoms with Gasteiger partial charge in [0.25, 0.3) is 5.91 Å². The van der Waals surface area contributed by atoms with E-state index in [9.17, 15) is 9.18 Å². The molecule has 1 aromatic rings. The van der Waals surface area contributed by atoms with E-state index < -0.39 is 5.82 Å². The Hall–Kier alpha value is -0.940. The summed E-state index contributed by atoms with van der Waals surface area (Å²) in [5.74, 6) is -0.644. The highest BCUT2D eigenvalue weighted by molar-refractivity contribution is 9.10. The molecule has 0 atom stereocenters. The molecule has 1 fully saturated rings. The topological polar surface area (TPSA) is 41.1 Å². The number of piperidine rings is 1. The minimum Gasteiger partial charge on any atom is -0.349 e. The lowest BCUT2D eigenvalue weighted by atomic mass is 9.79. The quantitative estimate of drug-likeness (QED) is 0.849. The zero-order valence-corrected chi connectivity index (χ0v) is 14.5. The number of carbonyl (C=O) groups is 1. The number of amides is 1. The van der Waals surface area contributed by atoms with Gasteiger partial charge in [-0.25, -0.2) is 4.39 Å². The zero-order valence-electron chi connectivity index (χ0n) is 12.9. The molecule has 1 aliphatic rings. The number of halogens is 2. The van der Waals surface area contributed by atoms with Crippen molar-refractivity contribution >= 4 is 21.8 Å². The summed E-state index contributed by atoms with van der Waals surface area (Å²) in [6.45, 7) is 8.52. The molecule has 2 rings (SSSR count). The Morgan fingerprint density at radius 2 is 1.86 bits per heavy atom. The zero-order chi connectivity index (χ0) is 15.8. The van der Waals surface area contributed by atoms with Crippen molar-refractivity contribution < 1.29 is 9.18 Å². The maximum Gasteiger partial charge on any atom is 0.252 e. The number of nitrogens with one attached hydrogen (secondary N) is 2. The average molecular weight is 357 g/mol. The van der Waals surface area contributed by atoms with E-state index in [4.69, 9.17) is 0 Å². The SMILES string of the molecule is CC1(C)CC(NC(=O)c2cc(F)ccc2Br)CC(C)(C)N1. The molecule has 1 aromatic carbocycles. The van der Waals surface area contributed by atoms with Crippen LogP contribution in [0.2, 0.25) is 0 Å². The third-order valence-corrected chi connectivity index (χ3v) is 4.39. The molecule has 1 amide bonds. The van der Waals surface area contributed by atoms with Crippen LogP contribution in [0.25, 0.3) is 0 Å². The summed E-state index contributed by atoms with van der Waals surface area (Å²) >= 11 is 3.30. The van der Waals surface area contributed by atoms with Crippen LogP contribution < -0.4 is 10.6 Å². The van der Waals surface area contributed by atoms with Crippen molar-refractivity contribution in [1.82, 2.24) is 10.6 Å². The first-order valence-electron chi connectivity index (χ1n) is 7.13. The Morgan fingerprint density at radius 1 is 1.29 bits per heavy atom. The van der Waals surface area contributed by atoms with Gasteiger partial charge in [-0.2, -0.15) is 0 Å². The van der Waals surface area contributed by atoms with E-state index in [0.29, 0.717) is 10.0 Å². The Morgan fingerprint density at radius 3 is 2.43 bits per heavy atom. The predicted molar refractivity (Wildman–Crippen MR) is 85.9 cm³/mol. The number of carbonyl (C=O) groups excluding carboxylic acids is 1. The van der Waals surface area contributed by atoms with Gasteiger partial charge in [0.05, 0.1) is 5.56 Å². The fourth-order valence-electron chi connectivity index (χ4n) is 3.36. The number of hydrogen-bond acceptors (Lipinski definition) is 2. The van der Waals surface area contributed by atoms with E-state index in [1.54, 1.807) is 6.07 Å². The minimum absolute atomic E-state index is 0.0428. The highest BCUT2D eigenvalue weighted by atomic mass is 79.9. The molecule has 21 heavy (non-hydrogen) atoms. The molecular formula is C16H22BrFN2O. The first kappa shape index (κ1) is 16.4. The molecule has 0 unspecified atom stereocenters. The van der Waals surface area contributed by atoms with Gasteiger partial charge in [0.1, 0.15) is 5.82 Å². The van der Waals surface area contributed by atoms with Gasteiger partial charge in [0, 0.05) is 21.6 Å². The lowest BCUT2D eigenvalue weighted by molar-refractivity contribution is 0.0872. The molecule has 0 bridgehead atoms. The number of benzene rings is 1. The second kappa shape index (κ2) is 5.69. The van der Waals surface area contributed by atoms with Gasteiger partial charge in [-0.1, -0.05) is 0 Å². The van der Waals surface area contributed by atoms with Gasteiger partial charge in [0.15, 0.2) is 0 Å². The Balaban J connectivity index is 2.14. The van der Waals surface area contributed by atoms with Gasteiger partial charge >= 0.3 is 0 Å². The average Bonchev–Trinajstić information content (AvgIpc) is 2.27. The van der Waals surface area contributed by atoms with Crippen LogP contribution in [-0.2, 0) is 0 Å². The van der Waals surface area contributed by atoms with E-state index in [-0.39, 0.29) is 23.0 Å². The van der Waals surface area contributed by atoms with Gasteiger partial charge in [-0.15, -0.1) is 0 Å². The lowest BCUT2D eigenvalue weighted by Crippen LogP contribution is -2.62. The molecule has 0 aromatic heterocycles. The Bertz CT molecular complexity index is 541. The monoisotopic (exact) mass is 356 g/mol. The summed E-state index contributed by atoms with van der Waals surface area (Å²) in [7, 11) is 0. The van der Waals surface area contributed by atoms with Crippen LogP contribution in [0.1, 0.15) is 50.9 Å². The van der Waals surface area contributed by atoms with Crippen LogP contribution in [0.15, 0.2) is 22.7 Å². The van der Waals surface area contributed by atoms with Gasteiger partial charge in [0.2, 0.25) is 0 Å². The highest BCUT2D eigenvalue weighted by Gasteiger charge is 2.38. The molecule has 3 nitrogen and oxygen atoms in total. The van der Waals surface area contributed by atoms with Crippen molar-refractivity contribution in [3.05, 3.63) is 34.1 Å². The van der Waals surface area contributed by atoms with E-state index in [2.05, 4.69) is 54.3 Å². The summed E-state index contributed by atoms with van der Waals surface area (Å²) < 4.78 is 13.9. The third kappa shape index (κ3) is 4.27. The van der Waals surface area contributed by atoms with Gasteiger partial charge in [-0.3, -0.25) is 4.79 Å². The summed E-state index contributed by atoms with van der Waals surface area (Å²) in [5, 5.41) is 6.61. The van der Waals surface area contributed by atoms with E-state index in [1.165, 1.54) is 12.1 Å². The van der Waals surface area contributed by atoms with Crippen LogP contribution in [0.5, 0.6) is 0 Å². The van der Waals surface area contributed by atoms with E-state index >= 15 is 0 Å². The smallest absolute Gasteiger partial charge is 0.252 e. The molecule has 116 valence electrons. The van der Waals surface area contributed by atoms with Crippen LogP contribution in [0.4, 0.5) is 4.39 Å². The second-order valence-electron chi connectivity index (χ2n) is 7.10. The first-order chi connectivity index (χ1) is 9.58. The minimum atomic E-state index is -0.408. The van der Waals surface area contributed by atoms with Crippen molar-refractivity contribution in [2.45, 2.75) is 57.7 Å². The van der Waals surface area contributed by atoms with Gasteiger partial charge in [-0.05, 0) is 74.7 Å². The van der Waals surface area contributed by atoms with Crippen LogP contribution in [0.3, 0.4) is 0 Å². The Kier molecular flexibility index (Phi) is 4.45. The fraction of sp³-hybridized carbons (Fsp3) is 0.562. The second-order valence-corrected chi connectivity index (χ2v) is 7.95. The molecule has 0 saturated carbocycles. The molecule has 1 saturated heterocycles. The van der Waals surface area contributed by atoms with E-state index in [1.807, 2.05) is 0 Å². The predicted octanol–water partition coefficient (Wildman–Crippen LogP) is 3.63. The molecule has 1 aliphatic heterocycles. The normalized spacial score (nSPS) is 21.0. The molecule has 0 aliphatic carbocycles. The molecule has 2 N–H and O–H groups in total. The molecule has 1 heterocycles. The van der Waals surface area contributed by atoms with Crippen molar-refractivity contribution in [1.29, 1.82) is 0 Å².